The summed E-state index contributed by atoms with van der Waals surface area (Å²) in [6.07, 6.45) is 3.12. The molecule has 2 rings (SSSR count). The zero-order valence-corrected chi connectivity index (χ0v) is 14.3. The Bertz CT molecular complexity index is 783. The van der Waals surface area contributed by atoms with Crippen LogP contribution in [0.15, 0.2) is 48.5 Å². The third-order valence-corrected chi connectivity index (χ3v) is 3.31. The highest BCUT2D eigenvalue weighted by Crippen LogP contribution is 2.27. The van der Waals surface area contributed by atoms with Crippen LogP contribution in [-0.4, -0.2) is 26.0 Å². The van der Waals surface area contributed by atoms with Gasteiger partial charge in [0, 0.05) is 24.4 Å². The molecule has 0 aromatic heterocycles. The smallest absolute Gasteiger partial charge is 0.248 e. The molecule has 2 N–H and O–H groups in total. The molecule has 2 aromatic carbocycles. The molecular weight excluding hydrogens is 320 g/mol. The van der Waals surface area contributed by atoms with Crippen LogP contribution < -0.4 is 20.1 Å². The molecule has 0 unspecified atom stereocenters. The molecule has 0 aliphatic heterocycles. The molecule has 0 atom stereocenters. The van der Waals surface area contributed by atoms with Gasteiger partial charge in [0.25, 0.3) is 0 Å². The van der Waals surface area contributed by atoms with Gasteiger partial charge in [0.2, 0.25) is 11.8 Å². The van der Waals surface area contributed by atoms with Crippen molar-refractivity contribution >= 4 is 29.3 Å². The molecule has 0 saturated carbocycles. The first kappa shape index (κ1) is 18.1. The highest BCUT2D eigenvalue weighted by atomic mass is 16.5. The van der Waals surface area contributed by atoms with E-state index >= 15 is 0 Å². The second-order valence-corrected chi connectivity index (χ2v) is 5.20. The number of amides is 2. The summed E-state index contributed by atoms with van der Waals surface area (Å²) in [4.78, 5) is 23.0. The van der Waals surface area contributed by atoms with Gasteiger partial charge >= 0.3 is 0 Å². The fourth-order valence-electron chi connectivity index (χ4n) is 2.15. The Hall–Kier alpha value is -3.28. The van der Waals surface area contributed by atoms with E-state index in [1.165, 1.54) is 13.0 Å². The molecule has 130 valence electrons. The summed E-state index contributed by atoms with van der Waals surface area (Å²) < 4.78 is 10.4. The summed E-state index contributed by atoms with van der Waals surface area (Å²) in [6, 6.07) is 12.3. The number of hydrogen-bond donors (Lipinski definition) is 2. The second-order valence-electron chi connectivity index (χ2n) is 5.20. The van der Waals surface area contributed by atoms with Crippen molar-refractivity contribution in [1.29, 1.82) is 0 Å². The zero-order chi connectivity index (χ0) is 18.2. The van der Waals surface area contributed by atoms with Crippen molar-refractivity contribution in [3.63, 3.8) is 0 Å². The molecule has 0 aliphatic rings. The third kappa shape index (κ3) is 5.39. The van der Waals surface area contributed by atoms with Crippen molar-refractivity contribution in [1.82, 2.24) is 0 Å². The molecule has 0 fully saturated rings. The molecule has 0 spiro atoms. The molecule has 0 radical (unpaired) electrons. The van der Waals surface area contributed by atoms with E-state index < -0.39 is 0 Å². The summed E-state index contributed by atoms with van der Waals surface area (Å²) in [5.74, 6) is 0.818. The van der Waals surface area contributed by atoms with Gasteiger partial charge in [0.1, 0.15) is 0 Å². The predicted molar refractivity (Wildman–Crippen MR) is 98.0 cm³/mol. The van der Waals surface area contributed by atoms with Crippen LogP contribution in [0.1, 0.15) is 12.5 Å². The maximum Gasteiger partial charge on any atom is 0.248 e. The lowest BCUT2D eigenvalue weighted by atomic mass is 10.2. The van der Waals surface area contributed by atoms with Gasteiger partial charge in [-0.1, -0.05) is 6.07 Å². The standard InChI is InChI=1S/C19H20N2O4/c1-13(22)20-15-6-8-16(9-7-15)21-19(23)11-5-14-4-10-17(24-2)18(12-14)25-3/h4-12H,1-3H3,(H,20,22)(H,21,23)/b11-5-. The number of carbonyl (C=O) groups is 2. The fraction of sp³-hybridized carbons (Fsp3) is 0.158. The third-order valence-electron chi connectivity index (χ3n) is 3.31. The summed E-state index contributed by atoms with van der Waals surface area (Å²) in [5, 5.41) is 5.41. The van der Waals surface area contributed by atoms with E-state index in [4.69, 9.17) is 9.47 Å². The van der Waals surface area contributed by atoms with Crippen LogP contribution in [0.5, 0.6) is 11.5 Å². The van der Waals surface area contributed by atoms with Gasteiger partial charge in [-0.15, -0.1) is 0 Å². The molecular formula is C19H20N2O4. The molecule has 25 heavy (non-hydrogen) atoms. The first-order valence-corrected chi connectivity index (χ1v) is 7.60. The van der Waals surface area contributed by atoms with Crippen LogP contribution in [0.3, 0.4) is 0 Å². The molecule has 0 saturated heterocycles. The fourth-order valence-corrected chi connectivity index (χ4v) is 2.15. The van der Waals surface area contributed by atoms with Crippen LogP contribution in [0.4, 0.5) is 11.4 Å². The van der Waals surface area contributed by atoms with E-state index in [9.17, 15) is 9.59 Å². The average molecular weight is 340 g/mol. The Kier molecular flexibility index (Phi) is 6.17. The van der Waals surface area contributed by atoms with Gasteiger partial charge in [0.05, 0.1) is 14.2 Å². The van der Waals surface area contributed by atoms with Crippen LogP contribution >= 0.6 is 0 Å². The van der Waals surface area contributed by atoms with Crippen molar-refractivity contribution < 1.29 is 19.1 Å². The number of anilines is 2. The van der Waals surface area contributed by atoms with Crippen molar-refractivity contribution in [3.05, 3.63) is 54.1 Å². The normalized spacial score (nSPS) is 10.4. The lowest BCUT2D eigenvalue weighted by Crippen LogP contribution is -2.08. The number of benzene rings is 2. The highest BCUT2D eigenvalue weighted by molar-refractivity contribution is 6.02. The van der Waals surface area contributed by atoms with Gasteiger partial charge in [-0.05, 0) is 48.0 Å². The van der Waals surface area contributed by atoms with Crippen LogP contribution in [0.25, 0.3) is 6.08 Å². The van der Waals surface area contributed by atoms with Crippen molar-refractivity contribution in [2.24, 2.45) is 0 Å². The van der Waals surface area contributed by atoms with E-state index in [1.807, 2.05) is 6.07 Å². The lowest BCUT2D eigenvalue weighted by Gasteiger charge is -2.07. The predicted octanol–water partition coefficient (Wildman–Crippen LogP) is 3.31. The van der Waals surface area contributed by atoms with E-state index in [0.717, 1.165) is 5.56 Å². The van der Waals surface area contributed by atoms with E-state index in [0.29, 0.717) is 22.9 Å². The van der Waals surface area contributed by atoms with Crippen molar-refractivity contribution in [3.8, 4) is 11.5 Å². The lowest BCUT2D eigenvalue weighted by molar-refractivity contribution is -0.114. The maximum atomic E-state index is 12.0. The summed E-state index contributed by atoms with van der Waals surface area (Å²) in [7, 11) is 3.13. The minimum atomic E-state index is -0.262. The first-order valence-electron chi connectivity index (χ1n) is 7.60. The molecule has 6 nitrogen and oxygen atoms in total. The topological polar surface area (TPSA) is 76.7 Å². The van der Waals surface area contributed by atoms with E-state index in [1.54, 1.807) is 56.7 Å². The number of nitrogens with one attached hydrogen (secondary N) is 2. The van der Waals surface area contributed by atoms with E-state index in [-0.39, 0.29) is 11.8 Å². The molecule has 0 aliphatic carbocycles. The summed E-state index contributed by atoms with van der Waals surface area (Å²) >= 11 is 0. The van der Waals surface area contributed by atoms with Gasteiger partial charge in [-0.3, -0.25) is 9.59 Å². The molecule has 0 bridgehead atoms. The Morgan fingerprint density at radius 1 is 0.880 bits per heavy atom. The van der Waals surface area contributed by atoms with Gasteiger partial charge < -0.3 is 20.1 Å². The molecule has 2 aromatic rings. The monoisotopic (exact) mass is 340 g/mol. The van der Waals surface area contributed by atoms with Crippen molar-refractivity contribution in [2.45, 2.75) is 6.92 Å². The van der Waals surface area contributed by atoms with Crippen LogP contribution in [0, 0.1) is 0 Å². The first-order chi connectivity index (χ1) is 12.0. The number of ether oxygens (including phenoxy) is 2. The maximum absolute atomic E-state index is 12.0. The van der Waals surface area contributed by atoms with Gasteiger partial charge in [0.15, 0.2) is 11.5 Å². The van der Waals surface area contributed by atoms with Gasteiger partial charge in [-0.2, -0.15) is 0 Å². The quantitative estimate of drug-likeness (QED) is 0.791. The Morgan fingerprint density at radius 3 is 2.04 bits per heavy atom. The number of carbonyl (C=O) groups excluding carboxylic acids is 2. The average Bonchev–Trinajstić information content (AvgIpc) is 2.61. The second kappa shape index (κ2) is 8.54. The zero-order valence-electron chi connectivity index (χ0n) is 14.3. The number of rotatable bonds is 6. The molecule has 0 heterocycles. The minimum Gasteiger partial charge on any atom is -0.493 e. The Morgan fingerprint density at radius 2 is 1.48 bits per heavy atom. The minimum absolute atomic E-state index is 0.144. The van der Waals surface area contributed by atoms with Crippen LogP contribution in [0.2, 0.25) is 0 Å². The van der Waals surface area contributed by atoms with Crippen LogP contribution in [-0.2, 0) is 9.59 Å². The van der Waals surface area contributed by atoms with Crippen molar-refractivity contribution in [2.75, 3.05) is 24.9 Å². The summed E-state index contributed by atoms with van der Waals surface area (Å²) in [6.45, 7) is 1.44. The van der Waals surface area contributed by atoms with Gasteiger partial charge in [-0.25, -0.2) is 0 Å². The Labute approximate surface area is 146 Å². The SMILES string of the molecule is COc1ccc(/C=C\C(=O)Nc2ccc(NC(C)=O)cc2)cc1OC. The number of hydrogen-bond acceptors (Lipinski definition) is 4. The summed E-state index contributed by atoms with van der Waals surface area (Å²) in [5.41, 5.74) is 2.12. The largest absolute Gasteiger partial charge is 0.493 e. The molecule has 2 amide bonds. The Balaban J connectivity index is 1.99. The molecule has 6 heteroatoms. The number of methoxy groups -OCH3 is 2. The highest BCUT2D eigenvalue weighted by Gasteiger charge is 2.04. The van der Waals surface area contributed by atoms with E-state index in [2.05, 4.69) is 10.6 Å².